The lowest BCUT2D eigenvalue weighted by molar-refractivity contribution is 0.568. The van der Waals surface area contributed by atoms with Crippen LogP contribution in [0.1, 0.15) is 12.8 Å². The fourth-order valence-electron chi connectivity index (χ4n) is 1.65. The number of anilines is 1. The van der Waals surface area contributed by atoms with E-state index in [9.17, 15) is 0 Å². The van der Waals surface area contributed by atoms with Crippen LogP contribution in [0.15, 0.2) is 35.1 Å². The first kappa shape index (κ1) is 9.39. The molecule has 0 aliphatic heterocycles. The second-order valence-corrected chi connectivity index (χ2v) is 4.15. The number of nitrogens with zero attached hydrogens (tertiary/aromatic N) is 2. The minimum absolute atomic E-state index is 0.565. The van der Waals surface area contributed by atoms with Crippen molar-refractivity contribution in [1.29, 1.82) is 0 Å². The highest BCUT2D eigenvalue weighted by Crippen LogP contribution is 2.29. The molecule has 1 N–H and O–H groups in total. The second kappa shape index (κ2) is 3.96. The van der Waals surface area contributed by atoms with Crippen molar-refractivity contribution < 1.29 is 4.42 Å². The van der Waals surface area contributed by atoms with Gasteiger partial charge in [0, 0.05) is 17.8 Å². The van der Waals surface area contributed by atoms with Gasteiger partial charge < -0.3 is 9.73 Å². The fourth-order valence-corrected chi connectivity index (χ4v) is 1.65. The van der Waals surface area contributed by atoms with Gasteiger partial charge >= 0.3 is 0 Å². The van der Waals surface area contributed by atoms with E-state index in [1.165, 1.54) is 19.2 Å². The molecule has 1 aromatic carbocycles. The van der Waals surface area contributed by atoms with Crippen LogP contribution in [0.3, 0.4) is 0 Å². The molecular formula is C12H13N3O. The van der Waals surface area contributed by atoms with Crippen molar-refractivity contribution in [3.8, 4) is 11.5 Å². The average Bonchev–Trinajstić information content (AvgIpc) is 2.99. The Hall–Kier alpha value is -1.84. The molecule has 1 aliphatic rings. The molecule has 0 bridgehead atoms. The number of hydrogen-bond donors (Lipinski definition) is 1. The smallest absolute Gasteiger partial charge is 0.247 e. The van der Waals surface area contributed by atoms with Gasteiger partial charge in [0.15, 0.2) is 0 Å². The van der Waals surface area contributed by atoms with E-state index in [1.54, 1.807) is 0 Å². The Morgan fingerprint density at radius 3 is 3.06 bits per heavy atom. The zero-order valence-electron chi connectivity index (χ0n) is 8.89. The summed E-state index contributed by atoms with van der Waals surface area (Å²) in [4.78, 5) is 0. The summed E-state index contributed by atoms with van der Waals surface area (Å²) in [6.45, 7) is 1.06. The Bertz CT molecular complexity index is 463. The molecule has 0 spiro atoms. The summed E-state index contributed by atoms with van der Waals surface area (Å²) in [6.07, 6.45) is 4.06. The monoisotopic (exact) mass is 215 g/mol. The zero-order valence-corrected chi connectivity index (χ0v) is 8.89. The van der Waals surface area contributed by atoms with Gasteiger partial charge in [0.1, 0.15) is 0 Å². The molecule has 1 heterocycles. The van der Waals surface area contributed by atoms with Gasteiger partial charge in [-0.1, -0.05) is 6.07 Å². The molecule has 1 saturated carbocycles. The minimum Gasteiger partial charge on any atom is -0.423 e. The zero-order chi connectivity index (χ0) is 10.8. The maximum Gasteiger partial charge on any atom is 0.247 e. The SMILES string of the molecule is c1cc(NCC2CC2)cc(-c2nnco2)c1. The number of hydrogen-bond acceptors (Lipinski definition) is 4. The lowest BCUT2D eigenvalue weighted by atomic mass is 10.2. The molecule has 2 aromatic rings. The first-order valence-electron chi connectivity index (χ1n) is 5.52. The molecule has 0 amide bonds. The van der Waals surface area contributed by atoms with Crippen molar-refractivity contribution >= 4 is 5.69 Å². The summed E-state index contributed by atoms with van der Waals surface area (Å²) >= 11 is 0. The van der Waals surface area contributed by atoms with E-state index in [-0.39, 0.29) is 0 Å². The topological polar surface area (TPSA) is 51.0 Å². The molecule has 0 unspecified atom stereocenters. The van der Waals surface area contributed by atoms with Crippen LogP contribution < -0.4 is 5.32 Å². The van der Waals surface area contributed by atoms with Gasteiger partial charge in [0.25, 0.3) is 0 Å². The molecular weight excluding hydrogens is 202 g/mol. The van der Waals surface area contributed by atoms with E-state index < -0.39 is 0 Å². The van der Waals surface area contributed by atoms with Gasteiger partial charge in [-0.15, -0.1) is 10.2 Å². The highest BCUT2D eigenvalue weighted by Gasteiger charge is 2.20. The van der Waals surface area contributed by atoms with Crippen molar-refractivity contribution in [3.05, 3.63) is 30.7 Å². The normalized spacial score (nSPS) is 15.0. The first-order valence-corrected chi connectivity index (χ1v) is 5.52. The second-order valence-electron chi connectivity index (χ2n) is 4.15. The van der Waals surface area contributed by atoms with Crippen LogP contribution in [0.25, 0.3) is 11.5 Å². The lowest BCUT2D eigenvalue weighted by Gasteiger charge is -2.05. The van der Waals surface area contributed by atoms with E-state index in [0.717, 1.165) is 23.7 Å². The number of nitrogens with one attached hydrogen (secondary N) is 1. The highest BCUT2D eigenvalue weighted by atomic mass is 16.4. The van der Waals surface area contributed by atoms with E-state index in [2.05, 4.69) is 21.6 Å². The van der Waals surface area contributed by atoms with Gasteiger partial charge in [0.2, 0.25) is 12.3 Å². The largest absolute Gasteiger partial charge is 0.423 e. The van der Waals surface area contributed by atoms with Crippen molar-refractivity contribution in [2.45, 2.75) is 12.8 Å². The average molecular weight is 215 g/mol. The molecule has 1 aliphatic carbocycles. The Labute approximate surface area is 93.7 Å². The van der Waals surface area contributed by atoms with E-state index >= 15 is 0 Å². The van der Waals surface area contributed by atoms with Crippen LogP contribution in [-0.4, -0.2) is 16.7 Å². The molecule has 0 atom stereocenters. The summed E-state index contributed by atoms with van der Waals surface area (Å²) < 4.78 is 5.16. The number of benzene rings is 1. The summed E-state index contributed by atoms with van der Waals surface area (Å²) in [7, 11) is 0. The Kier molecular flexibility index (Phi) is 2.33. The number of aromatic nitrogens is 2. The van der Waals surface area contributed by atoms with Crippen molar-refractivity contribution in [2.75, 3.05) is 11.9 Å². The maximum atomic E-state index is 5.16. The first-order chi connectivity index (χ1) is 7.92. The molecule has 4 nitrogen and oxygen atoms in total. The molecule has 3 rings (SSSR count). The van der Waals surface area contributed by atoms with Crippen LogP contribution in [0, 0.1) is 5.92 Å². The summed E-state index contributed by atoms with van der Waals surface area (Å²) in [5.74, 6) is 1.43. The predicted molar refractivity (Wildman–Crippen MR) is 60.9 cm³/mol. The van der Waals surface area contributed by atoms with Crippen LogP contribution in [0.4, 0.5) is 5.69 Å². The van der Waals surface area contributed by atoms with E-state index in [1.807, 2.05) is 18.2 Å². The Morgan fingerprint density at radius 2 is 2.31 bits per heavy atom. The third-order valence-corrected chi connectivity index (χ3v) is 2.76. The lowest BCUT2D eigenvalue weighted by Crippen LogP contribution is -2.02. The van der Waals surface area contributed by atoms with E-state index in [4.69, 9.17) is 4.42 Å². The van der Waals surface area contributed by atoms with E-state index in [0.29, 0.717) is 5.89 Å². The molecule has 16 heavy (non-hydrogen) atoms. The van der Waals surface area contributed by atoms with Crippen LogP contribution in [0.5, 0.6) is 0 Å². The minimum atomic E-state index is 0.565. The van der Waals surface area contributed by atoms with Crippen LogP contribution in [-0.2, 0) is 0 Å². The number of rotatable bonds is 4. The summed E-state index contributed by atoms with van der Waals surface area (Å²) in [5.41, 5.74) is 2.07. The van der Waals surface area contributed by atoms with Crippen LogP contribution in [0.2, 0.25) is 0 Å². The standard InChI is InChI=1S/C12H13N3O/c1-2-10(12-15-14-8-16-12)6-11(3-1)13-7-9-4-5-9/h1-3,6,8-9,13H,4-5,7H2. The quantitative estimate of drug-likeness (QED) is 0.851. The Balaban J connectivity index is 1.76. The van der Waals surface area contributed by atoms with Gasteiger partial charge in [-0.3, -0.25) is 0 Å². The molecule has 1 aromatic heterocycles. The Morgan fingerprint density at radius 1 is 1.38 bits per heavy atom. The van der Waals surface area contributed by atoms with Gasteiger partial charge in [0.05, 0.1) is 0 Å². The molecule has 0 saturated heterocycles. The van der Waals surface area contributed by atoms with Gasteiger partial charge in [-0.05, 0) is 37.0 Å². The molecule has 0 radical (unpaired) electrons. The third-order valence-electron chi connectivity index (χ3n) is 2.76. The predicted octanol–water partition coefficient (Wildman–Crippen LogP) is 2.56. The molecule has 82 valence electrons. The molecule has 1 fully saturated rings. The van der Waals surface area contributed by atoms with Gasteiger partial charge in [-0.2, -0.15) is 0 Å². The van der Waals surface area contributed by atoms with Crippen molar-refractivity contribution in [2.24, 2.45) is 5.92 Å². The summed E-state index contributed by atoms with van der Waals surface area (Å²) in [6, 6.07) is 8.06. The van der Waals surface area contributed by atoms with Crippen molar-refractivity contribution in [3.63, 3.8) is 0 Å². The fraction of sp³-hybridized carbons (Fsp3) is 0.333. The van der Waals surface area contributed by atoms with Gasteiger partial charge in [-0.25, -0.2) is 0 Å². The third kappa shape index (κ3) is 2.05. The molecule has 4 heteroatoms. The van der Waals surface area contributed by atoms with Crippen LogP contribution >= 0.6 is 0 Å². The maximum absolute atomic E-state index is 5.16. The van der Waals surface area contributed by atoms with Crippen molar-refractivity contribution in [1.82, 2.24) is 10.2 Å². The highest BCUT2D eigenvalue weighted by molar-refractivity contribution is 5.60. The summed E-state index contributed by atoms with van der Waals surface area (Å²) in [5, 5.41) is 11.0.